The summed E-state index contributed by atoms with van der Waals surface area (Å²) < 4.78 is 36.3. The first-order valence-electron chi connectivity index (χ1n) is 5.38. The molecule has 0 aliphatic rings. The van der Waals surface area contributed by atoms with Gasteiger partial charge in [0, 0.05) is 18.7 Å². The van der Waals surface area contributed by atoms with Crippen LogP contribution in [-0.4, -0.2) is 13.9 Å². The molecule has 4 heteroatoms. The molecule has 0 N–H and O–H groups in total. The van der Waals surface area contributed by atoms with Crippen LogP contribution < -0.4 is 4.74 Å². The van der Waals surface area contributed by atoms with Gasteiger partial charge in [0.25, 0.3) is 0 Å². The highest BCUT2D eigenvalue weighted by Crippen LogP contribution is 2.25. The zero-order valence-electron chi connectivity index (χ0n) is 9.82. The van der Waals surface area contributed by atoms with Crippen LogP contribution >= 0.6 is 0 Å². The molecular weight excluding hydrogens is 238 g/mol. The predicted molar refractivity (Wildman–Crippen MR) is 64.3 cm³/mol. The Kier molecular flexibility index (Phi) is 3.89. The summed E-state index contributed by atoms with van der Waals surface area (Å²) in [5.41, 5.74) is 1.02. The molecule has 0 unspecified atom stereocenters. The Morgan fingerprint density at radius 3 is 2.33 bits per heavy atom. The minimum atomic E-state index is -0.587. The highest BCUT2D eigenvalue weighted by Gasteiger charge is 2.06. The molecule has 0 bridgehead atoms. The molecule has 0 aliphatic heterocycles. The molecule has 0 atom stereocenters. The van der Waals surface area contributed by atoms with Gasteiger partial charge in [0.05, 0.1) is 0 Å². The van der Waals surface area contributed by atoms with Crippen LogP contribution in [0.5, 0.6) is 5.75 Å². The van der Waals surface area contributed by atoms with E-state index in [1.807, 2.05) is 0 Å². The third-order valence-corrected chi connectivity index (χ3v) is 2.44. The number of hydrogen-bond acceptors (Lipinski definition) is 2. The Bertz CT molecular complexity index is 524. The Morgan fingerprint density at radius 1 is 1.00 bits per heavy atom. The molecule has 2 aromatic rings. The second-order valence-corrected chi connectivity index (χ2v) is 3.70. The minimum absolute atomic E-state index is 0.157. The summed E-state index contributed by atoms with van der Waals surface area (Å²) in [7, 11) is 1.53. The third-order valence-electron chi connectivity index (χ3n) is 2.44. The van der Waals surface area contributed by atoms with E-state index in [0.717, 1.165) is 6.07 Å². The molecule has 0 aliphatic carbocycles. The smallest absolute Gasteiger partial charge is 0.188 e. The normalized spacial score (nSPS) is 10.4. The first-order valence-corrected chi connectivity index (χ1v) is 5.38. The van der Waals surface area contributed by atoms with Crippen molar-refractivity contribution in [2.45, 2.75) is 0 Å². The van der Waals surface area contributed by atoms with Crippen molar-refractivity contribution in [3.63, 3.8) is 0 Å². The Labute approximate surface area is 104 Å². The largest absolute Gasteiger partial charge is 0.468 e. The molecule has 18 heavy (non-hydrogen) atoms. The van der Waals surface area contributed by atoms with Gasteiger partial charge in [-0.3, -0.25) is 0 Å². The molecule has 2 rings (SSSR count). The summed E-state index contributed by atoms with van der Waals surface area (Å²) in [5, 5.41) is 0. The second kappa shape index (κ2) is 5.60. The fraction of sp³-hybridized carbons (Fsp3) is 0.143. The quantitative estimate of drug-likeness (QED) is 0.772. The van der Waals surface area contributed by atoms with E-state index in [2.05, 4.69) is 0 Å². The fourth-order valence-electron chi connectivity index (χ4n) is 1.58. The maximum absolute atomic E-state index is 13.5. The molecule has 0 aromatic heterocycles. The molecule has 0 saturated heterocycles. The van der Waals surface area contributed by atoms with Crippen LogP contribution in [0.1, 0.15) is 0 Å². The van der Waals surface area contributed by atoms with Crippen molar-refractivity contribution in [3.05, 3.63) is 54.1 Å². The SMILES string of the molecule is COCOc1ccc(-c2ccc(F)cc2F)cc1. The van der Waals surface area contributed by atoms with Crippen LogP contribution in [0.4, 0.5) is 8.78 Å². The van der Waals surface area contributed by atoms with E-state index in [1.54, 1.807) is 24.3 Å². The molecule has 0 heterocycles. The van der Waals surface area contributed by atoms with Crippen LogP contribution in [0.25, 0.3) is 11.1 Å². The van der Waals surface area contributed by atoms with Crippen molar-refractivity contribution in [2.75, 3.05) is 13.9 Å². The van der Waals surface area contributed by atoms with E-state index < -0.39 is 11.6 Å². The number of hydrogen-bond donors (Lipinski definition) is 0. The maximum Gasteiger partial charge on any atom is 0.188 e. The maximum atomic E-state index is 13.5. The van der Waals surface area contributed by atoms with Crippen LogP contribution in [0.3, 0.4) is 0 Å². The van der Waals surface area contributed by atoms with Gasteiger partial charge in [0.2, 0.25) is 0 Å². The Hall–Kier alpha value is -1.94. The number of ether oxygens (including phenoxy) is 2. The van der Waals surface area contributed by atoms with Gasteiger partial charge in [-0.15, -0.1) is 0 Å². The fourth-order valence-corrected chi connectivity index (χ4v) is 1.58. The lowest BCUT2D eigenvalue weighted by Gasteiger charge is -2.07. The standard InChI is InChI=1S/C14H12F2O2/c1-17-9-18-12-5-2-10(3-6-12)13-7-4-11(15)8-14(13)16/h2-8H,9H2,1H3. The molecule has 94 valence electrons. The topological polar surface area (TPSA) is 18.5 Å². The van der Waals surface area contributed by atoms with Crippen LogP contribution in [0.15, 0.2) is 42.5 Å². The van der Waals surface area contributed by atoms with Crippen LogP contribution in [-0.2, 0) is 4.74 Å². The van der Waals surface area contributed by atoms with Crippen molar-refractivity contribution in [1.29, 1.82) is 0 Å². The summed E-state index contributed by atoms with van der Waals surface area (Å²) in [6, 6.07) is 10.3. The summed E-state index contributed by atoms with van der Waals surface area (Å²) in [5.74, 6) is -0.542. The van der Waals surface area contributed by atoms with Crippen molar-refractivity contribution in [1.82, 2.24) is 0 Å². The number of rotatable bonds is 4. The number of methoxy groups -OCH3 is 1. The zero-order valence-corrected chi connectivity index (χ0v) is 9.82. The zero-order chi connectivity index (χ0) is 13.0. The van der Waals surface area contributed by atoms with Gasteiger partial charge in [-0.25, -0.2) is 8.78 Å². The lowest BCUT2D eigenvalue weighted by molar-refractivity contribution is 0.0511. The molecule has 2 aromatic carbocycles. The summed E-state index contributed by atoms with van der Waals surface area (Å²) in [6.07, 6.45) is 0. The monoisotopic (exact) mass is 250 g/mol. The molecule has 0 spiro atoms. The Balaban J connectivity index is 2.23. The van der Waals surface area contributed by atoms with Gasteiger partial charge in [-0.05, 0) is 29.8 Å². The molecule has 0 radical (unpaired) electrons. The lowest BCUT2D eigenvalue weighted by Crippen LogP contribution is -1.98. The third kappa shape index (κ3) is 2.84. The highest BCUT2D eigenvalue weighted by atomic mass is 19.1. The van der Waals surface area contributed by atoms with E-state index in [-0.39, 0.29) is 6.79 Å². The predicted octanol–water partition coefficient (Wildman–Crippen LogP) is 3.61. The van der Waals surface area contributed by atoms with Crippen molar-refractivity contribution in [2.24, 2.45) is 0 Å². The number of benzene rings is 2. The van der Waals surface area contributed by atoms with E-state index in [4.69, 9.17) is 9.47 Å². The van der Waals surface area contributed by atoms with E-state index >= 15 is 0 Å². The summed E-state index contributed by atoms with van der Waals surface area (Å²) in [6.45, 7) is 0.157. The first kappa shape index (κ1) is 12.5. The van der Waals surface area contributed by atoms with E-state index in [1.165, 1.54) is 19.2 Å². The van der Waals surface area contributed by atoms with Crippen LogP contribution in [0, 0.1) is 11.6 Å². The highest BCUT2D eigenvalue weighted by molar-refractivity contribution is 5.64. The van der Waals surface area contributed by atoms with Gasteiger partial charge in [0.1, 0.15) is 17.4 Å². The van der Waals surface area contributed by atoms with E-state index in [0.29, 0.717) is 16.9 Å². The van der Waals surface area contributed by atoms with E-state index in [9.17, 15) is 8.78 Å². The molecular formula is C14H12F2O2. The van der Waals surface area contributed by atoms with Gasteiger partial charge >= 0.3 is 0 Å². The van der Waals surface area contributed by atoms with Crippen molar-refractivity contribution >= 4 is 0 Å². The molecule has 0 saturated carbocycles. The van der Waals surface area contributed by atoms with Gasteiger partial charge in [0.15, 0.2) is 6.79 Å². The van der Waals surface area contributed by atoms with Crippen molar-refractivity contribution < 1.29 is 18.3 Å². The molecule has 0 amide bonds. The summed E-state index contributed by atoms with van der Waals surface area (Å²) >= 11 is 0. The molecule has 2 nitrogen and oxygen atoms in total. The Morgan fingerprint density at radius 2 is 1.72 bits per heavy atom. The van der Waals surface area contributed by atoms with Crippen molar-refractivity contribution in [3.8, 4) is 16.9 Å². The summed E-state index contributed by atoms with van der Waals surface area (Å²) in [4.78, 5) is 0. The van der Waals surface area contributed by atoms with Gasteiger partial charge in [-0.2, -0.15) is 0 Å². The molecule has 0 fully saturated rings. The average molecular weight is 250 g/mol. The van der Waals surface area contributed by atoms with Crippen LogP contribution in [0.2, 0.25) is 0 Å². The van der Waals surface area contributed by atoms with Gasteiger partial charge < -0.3 is 9.47 Å². The minimum Gasteiger partial charge on any atom is -0.468 e. The second-order valence-electron chi connectivity index (χ2n) is 3.70. The number of halogens is 2. The average Bonchev–Trinajstić information content (AvgIpc) is 2.37. The first-order chi connectivity index (χ1) is 8.70. The lowest BCUT2D eigenvalue weighted by atomic mass is 10.1. The van der Waals surface area contributed by atoms with Gasteiger partial charge in [-0.1, -0.05) is 12.1 Å².